The summed E-state index contributed by atoms with van der Waals surface area (Å²) in [5.74, 6) is 0.701. The summed E-state index contributed by atoms with van der Waals surface area (Å²) in [6.07, 6.45) is 1.02. The number of fused-ring (bicyclic) bond motifs is 1. The molecule has 1 heterocycles. The number of carbonyl (C=O) groups is 1. The highest BCUT2D eigenvalue weighted by molar-refractivity contribution is 9.09. The minimum absolute atomic E-state index is 0.0494. The molecule has 20 heavy (non-hydrogen) atoms. The molecule has 1 N–H and O–H groups in total. The molecule has 1 aromatic rings. The molecule has 1 aromatic carbocycles. The fourth-order valence-electron chi connectivity index (χ4n) is 2.45. The minimum Gasteiger partial charge on any atom is -0.492 e. The van der Waals surface area contributed by atoms with Gasteiger partial charge < -0.3 is 10.1 Å². The van der Waals surface area contributed by atoms with Crippen molar-refractivity contribution >= 4 is 21.8 Å². The molecular formula is C16H22BrNO2. The molecule has 3 nitrogen and oxygen atoms in total. The Hall–Kier alpha value is -1.03. The molecule has 2 rings (SSSR count). The summed E-state index contributed by atoms with van der Waals surface area (Å²) >= 11 is 3.64. The van der Waals surface area contributed by atoms with Gasteiger partial charge in [-0.25, -0.2) is 0 Å². The lowest BCUT2D eigenvalue weighted by molar-refractivity contribution is -0.122. The van der Waals surface area contributed by atoms with E-state index >= 15 is 0 Å². The highest BCUT2D eigenvalue weighted by Gasteiger charge is 2.30. The van der Waals surface area contributed by atoms with Crippen LogP contribution < -0.4 is 10.1 Å². The highest BCUT2D eigenvalue weighted by Crippen LogP contribution is 2.33. The molecule has 0 spiro atoms. The van der Waals surface area contributed by atoms with E-state index in [1.165, 1.54) is 0 Å². The van der Waals surface area contributed by atoms with E-state index in [4.69, 9.17) is 4.74 Å². The predicted octanol–water partition coefficient (Wildman–Crippen LogP) is 3.48. The number of nitrogens with one attached hydrogen (secondary N) is 1. The number of benzene rings is 1. The molecule has 110 valence electrons. The topological polar surface area (TPSA) is 38.3 Å². The number of halogens is 1. The molecule has 2 unspecified atom stereocenters. The van der Waals surface area contributed by atoms with Gasteiger partial charge in [0.25, 0.3) is 0 Å². The van der Waals surface area contributed by atoms with Crippen molar-refractivity contribution in [3.8, 4) is 5.75 Å². The van der Waals surface area contributed by atoms with Gasteiger partial charge in [-0.2, -0.15) is 0 Å². The standard InChI is InChI=1S/C16H22BrNO2/c1-16(2,3)8-11(17)9-18-15(19)13-10-20-14-7-5-4-6-12(13)14/h4-7,11,13H,8-10H2,1-3H3,(H,18,19). The maximum absolute atomic E-state index is 12.3. The monoisotopic (exact) mass is 339 g/mol. The Kier molecular flexibility index (Phi) is 4.74. The molecule has 0 bridgehead atoms. The SMILES string of the molecule is CC(C)(C)CC(Br)CNC(=O)C1COc2ccccc21. The van der Waals surface area contributed by atoms with Gasteiger partial charge in [-0.1, -0.05) is 54.9 Å². The van der Waals surface area contributed by atoms with E-state index in [2.05, 4.69) is 42.0 Å². The van der Waals surface area contributed by atoms with Gasteiger partial charge in [0.15, 0.2) is 0 Å². The Labute approximate surface area is 129 Å². The number of hydrogen-bond donors (Lipinski definition) is 1. The number of carbonyl (C=O) groups excluding carboxylic acids is 1. The van der Waals surface area contributed by atoms with Gasteiger partial charge in [0, 0.05) is 16.9 Å². The van der Waals surface area contributed by atoms with E-state index in [9.17, 15) is 4.79 Å². The van der Waals surface area contributed by atoms with Crippen molar-refractivity contribution in [2.75, 3.05) is 13.2 Å². The van der Waals surface area contributed by atoms with Crippen LogP contribution in [0.3, 0.4) is 0 Å². The van der Waals surface area contributed by atoms with Gasteiger partial charge in [0.1, 0.15) is 18.3 Å². The van der Waals surface area contributed by atoms with Crippen molar-refractivity contribution < 1.29 is 9.53 Å². The van der Waals surface area contributed by atoms with Crippen LogP contribution in [0.5, 0.6) is 5.75 Å². The molecule has 4 heteroatoms. The number of hydrogen-bond acceptors (Lipinski definition) is 2. The fourth-order valence-corrected chi connectivity index (χ4v) is 3.58. The zero-order valence-corrected chi connectivity index (χ0v) is 13.9. The van der Waals surface area contributed by atoms with E-state index in [0.29, 0.717) is 18.0 Å². The number of para-hydroxylation sites is 1. The molecule has 0 saturated heterocycles. The molecule has 0 aromatic heterocycles. The Morgan fingerprint density at radius 2 is 2.15 bits per heavy atom. The van der Waals surface area contributed by atoms with E-state index < -0.39 is 0 Å². The summed E-state index contributed by atoms with van der Waals surface area (Å²) in [5.41, 5.74) is 1.24. The van der Waals surface area contributed by atoms with E-state index in [1.807, 2.05) is 24.3 Å². The zero-order chi connectivity index (χ0) is 14.8. The Morgan fingerprint density at radius 1 is 1.45 bits per heavy atom. The molecule has 0 fully saturated rings. The summed E-state index contributed by atoms with van der Waals surface area (Å²) in [5, 5.41) is 3.02. The van der Waals surface area contributed by atoms with Gasteiger partial charge in [0.2, 0.25) is 5.91 Å². The number of rotatable bonds is 4. The van der Waals surface area contributed by atoms with Crippen LogP contribution in [0, 0.1) is 5.41 Å². The third-order valence-corrected chi connectivity index (χ3v) is 4.00. The first-order chi connectivity index (χ1) is 9.37. The van der Waals surface area contributed by atoms with Crippen LogP contribution in [-0.2, 0) is 4.79 Å². The molecule has 0 saturated carbocycles. The third kappa shape index (κ3) is 3.98. The first kappa shape index (κ1) is 15.4. The summed E-state index contributed by atoms with van der Waals surface area (Å²) in [6.45, 7) is 7.69. The summed E-state index contributed by atoms with van der Waals surface area (Å²) in [7, 11) is 0. The Bertz CT molecular complexity index is 482. The van der Waals surface area contributed by atoms with Crippen LogP contribution in [0.15, 0.2) is 24.3 Å². The molecule has 1 amide bonds. The van der Waals surface area contributed by atoms with Crippen LogP contribution in [0.1, 0.15) is 38.7 Å². The van der Waals surface area contributed by atoms with Gasteiger partial charge in [-0.15, -0.1) is 0 Å². The molecule has 0 aliphatic carbocycles. The highest BCUT2D eigenvalue weighted by atomic mass is 79.9. The average molecular weight is 340 g/mol. The number of amides is 1. The van der Waals surface area contributed by atoms with Crippen molar-refractivity contribution in [2.24, 2.45) is 5.41 Å². The maximum atomic E-state index is 12.3. The van der Waals surface area contributed by atoms with E-state index in [0.717, 1.165) is 17.7 Å². The largest absolute Gasteiger partial charge is 0.492 e. The maximum Gasteiger partial charge on any atom is 0.231 e. The quantitative estimate of drug-likeness (QED) is 0.853. The predicted molar refractivity (Wildman–Crippen MR) is 84.5 cm³/mol. The minimum atomic E-state index is -0.180. The summed E-state index contributed by atoms with van der Waals surface area (Å²) in [6, 6.07) is 7.75. The number of alkyl halides is 1. The van der Waals surface area contributed by atoms with Gasteiger partial charge in [-0.3, -0.25) is 4.79 Å². The number of ether oxygens (including phenoxy) is 1. The van der Waals surface area contributed by atoms with Crippen molar-refractivity contribution in [2.45, 2.75) is 37.9 Å². The van der Waals surface area contributed by atoms with Crippen molar-refractivity contribution in [1.29, 1.82) is 0 Å². The van der Waals surface area contributed by atoms with Crippen LogP contribution in [0.2, 0.25) is 0 Å². The van der Waals surface area contributed by atoms with E-state index in [-0.39, 0.29) is 17.2 Å². The smallest absolute Gasteiger partial charge is 0.231 e. The van der Waals surface area contributed by atoms with E-state index in [1.54, 1.807) is 0 Å². The van der Waals surface area contributed by atoms with Crippen molar-refractivity contribution in [3.63, 3.8) is 0 Å². The van der Waals surface area contributed by atoms with Gasteiger partial charge >= 0.3 is 0 Å². The molecule has 0 radical (unpaired) electrons. The molecule has 2 atom stereocenters. The van der Waals surface area contributed by atoms with Crippen molar-refractivity contribution in [3.05, 3.63) is 29.8 Å². The Morgan fingerprint density at radius 3 is 2.85 bits per heavy atom. The van der Waals surface area contributed by atoms with Crippen LogP contribution >= 0.6 is 15.9 Å². The molecule has 1 aliphatic rings. The van der Waals surface area contributed by atoms with Crippen molar-refractivity contribution in [1.82, 2.24) is 5.32 Å². The van der Waals surface area contributed by atoms with Crippen LogP contribution in [0.25, 0.3) is 0 Å². The lowest BCUT2D eigenvalue weighted by Gasteiger charge is -2.22. The zero-order valence-electron chi connectivity index (χ0n) is 12.3. The van der Waals surface area contributed by atoms with Crippen LogP contribution in [0.4, 0.5) is 0 Å². The molecule has 1 aliphatic heterocycles. The lowest BCUT2D eigenvalue weighted by atomic mass is 9.90. The Balaban J connectivity index is 1.88. The second kappa shape index (κ2) is 6.17. The fraction of sp³-hybridized carbons (Fsp3) is 0.562. The lowest BCUT2D eigenvalue weighted by Crippen LogP contribution is -2.35. The summed E-state index contributed by atoms with van der Waals surface area (Å²) in [4.78, 5) is 12.6. The average Bonchev–Trinajstić information content (AvgIpc) is 2.78. The van der Waals surface area contributed by atoms with Gasteiger partial charge in [-0.05, 0) is 17.9 Å². The summed E-state index contributed by atoms with van der Waals surface area (Å²) < 4.78 is 5.55. The van der Waals surface area contributed by atoms with Gasteiger partial charge in [0.05, 0.1) is 0 Å². The second-order valence-corrected chi connectivity index (χ2v) is 7.80. The third-order valence-electron chi connectivity index (χ3n) is 3.35. The molecular weight excluding hydrogens is 318 g/mol. The first-order valence-electron chi connectivity index (χ1n) is 7.00. The van der Waals surface area contributed by atoms with Crippen LogP contribution in [-0.4, -0.2) is 23.9 Å². The second-order valence-electron chi connectivity index (χ2n) is 6.51. The normalized spacial score (nSPS) is 19.1. The first-order valence-corrected chi connectivity index (χ1v) is 7.92.